The highest BCUT2D eigenvalue weighted by Crippen LogP contribution is 2.62. The Morgan fingerprint density at radius 2 is 1.89 bits per heavy atom. The summed E-state index contributed by atoms with van der Waals surface area (Å²) in [7, 11) is 0. The van der Waals surface area contributed by atoms with Gasteiger partial charge in [-0.15, -0.1) is 0 Å². The van der Waals surface area contributed by atoms with Gasteiger partial charge < -0.3 is 14.9 Å². The number of aliphatic hydroxyl groups excluding tert-OH is 1. The molecule has 1 heterocycles. The minimum Gasteiger partial charge on any atom is -0.390 e. The van der Waals surface area contributed by atoms with Crippen molar-refractivity contribution in [2.75, 3.05) is 0 Å². The highest BCUT2D eigenvalue weighted by Gasteiger charge is 2.66. The summed E-state index contributed by atoms with van der Waals surface area (Å²) in [6.45, 7) is 8.47. The lowest BCUT2D eigenvalue weighted by molar-refractivity contribution is -0.122. The van der Waals surface area contributed by atoms with Gasteiger partial charge in [0.25, 0.3) is 0 Å². The van der Waals surface area contributed by atoms with Gasteiger partial charge in [-0.2, -0.15) is 0 Å². The van der Waals surface area contributed by atoms with Crippen LogP contribution >= 0.6 is 0 Å². The quantitative estimate of drug-likeness (QED) is 0.705. The number of rotatable bonds is 1. The Morgan fingerprint density at radius 1 is 1.22 bits per heavy atom. The average molecular weight is 254 g/mol. The van der Waals surface area contributed by atoms with Crippen molar-refractivity contribution in [3.05, 3.63) is 0 Å². The van der Waals surface area contributed by atoms with Crippen molar-refractivity contribution in [3.63, 3.8) is 0 Å². The Morgan fingerprint density at radius 3 is 2.50 bits per heavy atom. The largest absolute Gasteiger partial charge is 0.390 e. The summed E-state index contributed by atoms with van der Waals surface area (Å²) in [4.78, 5) is 0. The maximum Gasteiger partial charge on any atom is 0.0961 e. The smallest absolute Gasteiger partial charge is 0.0961 e. The van der Waals surface area contributed by atoms with Crippen LogP contribution in [0.25, 0.3) is 0 Å². The van der Waals surface area contributed by atoms with Crippen LogP contribution in [0.4, 0.5) is 0 Å². The average Bonchev–Trinajstić information content (AvgIpc) is 2.82. The second-order valence-electron chi connectivity index (χ2n) is 7.63. The van der Waals surface area contributed by atoms with Crippen LogP contribution in [0.3, 0.4) is 0 Å². The zero-order chi connectivity index (χ0) is 13.3. The van der Waals surface area contributed by atoms with Gasteiger partial charge in [-0.3, -0.25) is 0 Å². The molecule has 1 aliphatic heterocycles. The third-order valence-electron chi connectivity index (χ3n) is 6.13. The third-order valence-corrected chi connectivity index (χ3v) is 6.13. The van der Waals surface area contributed by atoms with E-state index in [1.54, 1.807) is 0 Å². The lowest BCUT2D eigenvalue weighted by atomic mass is 9.69. The summed E-state index contributed by atoms with van der Waals surface area (Å²) in [5.74, 6) is 0.302. The van der Waals surface area contributed by atoms with Crippen molar-refractivity contribution in [2.45, 2.75) is 76.8 Å². The maximum absolute atomic E-state index is 11.0. The molecule has 0 aromatic heterocycles. The number of hydrogen-bond acceptors (Lipinski definition) is 3. The molecular weight excluding hydrogens is 228 g/mol. The topological polar surface area (TPSA) is 53.0 Å². The highest BCUT2D eigenvalue weighted by atomic mass is 16.6. The lowest BCUT2D eigenvalue weighted by Crippen LogP contribution is -2.49. The molecule has 3 rings (SSSR count). The molecule has 3 heteroatoms. The zero-order valence-electron chi connectivity index (χ0n) is 11.9. The normalized spacial score (nSPS) is 59.2. The van der Waals surface area contributed by atoms with E-state index in [0.29, 0.717) is 12.5 Å². The minimum absolute atomic E-state index is 0.0252. The van der Waals surface area contributed by atoms with Crippen LogP contribution in [0.2, 0.25) is 0 Å². The Hall–Kier alpha value is -0.120. The molecule has 18 heavy (non-hydrogen) atoms. The van der Waals surface area contributed by atoms with E-state index in [1.165, 1.54) is 0 Å². The summed E-state index contributed by atoms with van der Waals surface area (Å²) in [6.07, 6.45) is 3.43. The van der Waals surface area contributed by atoms with Crippen molar-refractivity contribution in [1.82, 2.24) is 0 Å². The number of hydrogen-bond donors (Lipinski definition) is 2. The van der Waals surface area contributed by atoms with Crippen molar-refractivity contribution in [1.29, 1.82) is 0 Å². The van der Waals surface area contributed by atoms with E-state index in [9.17, 15) is 10.2 Å². The first-order valence-electron chi connectivity index (χ1n) is 7.31. The van der Waals surface area contributed by atoms with Gasteiger partial charge in [-0.1, -0.05) is 20.8 Å². The summed E-state index contributed by atoms with van der Waals surface area (Å²) in [5.41, 5.74) is -0.838. The van der Waals surface area contributed by atoms with Gasteiger partial charge in [0, 0.05) is 0 Å². The molecule has 0 radical (unpaired) electrons. The summed E-state index contributed by atoms with van der Waals surface area (Å²) < 4.78 is 5.82. The van der Waals surface area contributed by atoms with Crippen LogP contribution in [0, 0.1) is 17.3 Å². The number of ether oxygens (including phenoxy) is 1. The highest BCUT2D eigenvalue weighted by molar-refractivity contribution is 5.16. The molecule has 0 aromatic carbocycles. The fourth-order valence-electron chi connectivity index (χ4n) is 4.75. The molecule has 0 aromatic rings. The molecule has 3 fully saturated rings. The van der Waals surface area contributed by atoms with Crippen LogP contribution in [-0.4, -0.2) is 33.6 Å². The van der Waals surface area contributed by atoms with Crippen molar-refractivity contribution in [3.8, 4) is 0 Å². The molecule has 1 saturated heterocycles. The Bertz CT molecular complexity index is 369. The van der Waals surface area contributed by atoms with Crippen molar-refractivity contribution >= 4 is 0 Å². The molecule has 104 valence electrons. The first-order valence-corrected chi connectivity index (χ1v) is 7.31. The number of fused-ring (bicyclic) bond motifs is 2. The van der Waals surface area contributed by atoms with Gasteiger partial charge in [0.1, 0.15) is 0 Å². The van der Waals surface area contributed by atoms with Crippen LogP contribution in [0.1, 0.15) is 53.4 Å². The standard InChI is InChI=1S/C15H26O3/c1-9(2)15(17)10-5-6-14(4)12(18-14)8-13(10,3)7-11(15)16/h9-12,16-17H,5-8H2,1-4H3/t10-,11+,12+,13-,14-,15-/m1/s1. The molecule has 2 saturated carbocycles. The molecule has 0 amide bonds. The second kappa shape index (κ2) is 3.50. The zero-order valence-corrected chi connectivity index (χ0v) is 11.9. The maximum atomic E-state index is 11.0. The van der Waals surface area contributed by atoms with Gasteiger partial charge in [-0.05, 0) is 49.9 Å². The number of epoxide rings is 1. The van der Waals surface area contributed by atoms with E-state index in [1.807, 2.05) is 13.8 Å². The fourth-order valence-corrected chi connectivity index (χ4v) is 4.75. The van der Waals surface area contributed by atoms with Crippen LogP contribution < -0.4 is 0 Å². The molecule has 2 N–H and O–H groups in total. The van der Waals surface area contributed by atoms with Gasteiger partial charge in [0.05, 0.1) is 23.4 Å². The molecule has 0 bridgehead atoms. The van der Waals surface area contributed by atoms with Gasteiger partial charge in [0.2, 0.25) is 0 Å². The Labute approximate surface area is 110 Å². The van der Waals surface area contributed by atoms with E-state index < -0.39 is 11.7 Å². The molecule has 0 unspecified atom stereocenters. The number of aliphatic hydroxyl groups is 2. The molecule has 0 spiro atoms. The second-order valence-corrected chi connectivity index (χ2v) is 7.63. The van der Waals surface area contributed by atoms with E-state index in [4.69, 9.17) is 4.74 Å². The van der Waals surface area contributed by atoms with Crippen LogP contribution in [0.15, 0.2) is 0 Å². The van der Waals surface area contributed by atoms with E-state index in [-0.39, 0.29) is 22.9 Å². The molecular formula is C15H26O3. The first-order chi connectivity index (χ1) is 8.22. The molecule has 6 atom stereocenters. The van der Waals surface area contributed by atoms with E-state index in [0.717, 1.165) is 19.3 Å². The third kappa shape index (κ3) is 1.47. The van der Waals surface area contributed by atoms with Gasteiger partial charge in [-0.25, -0.2) is 0 Å². The Balaban J connectivity index is 1.94. The molecule has 3 nitrogen and oxygen atoms in total. The van der Waals surface area contributed by atoms with Gasteiger partial charge >= 0.3 is 0 Å². The fraction of sp³-hybridized carbons (Fsp3) is 1.00. The predicted octanol–water partition coefficient (Wildman–Crippen LogP) is 2.10. The SMILES string of the molecule is CC(C)[C@@]1(O)[C@@H]2CC[C@@]3(C)O[C@H]3C[C@@]2(C)C[C@@H]1O. The minimum atomic E-state index is -0.915. The molecule has 2 aliphatic carbocycles. The van der Waals surface area contributed by atoms with Crippen molar-refractivity contribution in [2.24, 2.45) is 17.3 Å². The van der Waals surface area contributed by atoms with Crippen molar-refractivity contribution < 1.29 is 14.9 Å². The Kier molecular flexibility index (Phi) is 2.51. The summed E-state index contributed by atoms with van der Waals surface area (Å²) in [6, 6.07) is 0. The molecule has 3 aliphatic rings. The lowest BCUT2D eigenvalue weighted by Gasteiger charge is -2.41. The predicted molar refractivity (Wildman–Crippen MR) is 69.1 cm³/mol. The van der Waals surface area contributed by atoms with Crippen LogP contribution in [0.5, 0.6) is 0 Å². The van der Waals surface area contributed by atoms with Crippen LogP contribution in [-0.2, 0) is 4.74 Å². The van der Waals surface area contributed by atoms with Gasteiger partial charge in [0.15, 0.2) is 0 Å². The van der Waals surface area contributed by atoms with E-state index in [2.05, 4.69) is 13.8 Å². The summed E-state index contributed by atoms with van der Waals surface area (Å²) in [5, 5.41) is 21.4. The summed E-state index contributed by atoms with van der Waals surface area (Å²) >= 11 is 0. The monoisotopic (exact) mass is 254 g/mol. The first kappa shape index (κ1) is 12.9. The van der Waals surface area contributed by atoms with E-state index >= 15 is 0 Å².